The number of nitrogens with zero attached hydrogens (tertiary/aromatic N) is 1. The van der Waals surface area contributed by atoms with Crippen LogP contribution in [0.25, 0.3) is 0 Å². The van der Waals surface area contributed by atoms with E-state index >= 15 is 0 Å². The number of furan rings is 1. The van der Waals surface area contributed by atoms with Crippen LogP contribution >= 0.6 is 0 Å². The number of methoxy groups -OCH3 is 1. The van der Waals surface area contributed by atoms with E-state index in [1.54, 1.807) is 32.0 Å². The Hall–Kier alpha value is -1.33. The van der Waals surface area contributed by atoms with Gasteiger partial charge in [0.2, 0.25) is 0 Å². The van der Waals surface area contributed by atoms with Crippen LogP contribution in [0.4, 0.5) is 0 Å². The third kappa shape index (κ3) is 3.36. The number of nitrogens with two attached hydrogens (primary N) is 1. The SMILES string of the molecule is COCC(N)CN(C)C(=O)c1coc(C)c1. The molecule has 90 valence electrons. The molecule has 2 N–H and O–H groups in total. The first-order chi connectivity index (χ1) is 7.54. The molecule has 0 saturated carbocycles. The van der Waals surface area contributed by atoms with Gasteiger partial charge in [0.25, 0.3) is 5.91 Å². The monoisotopic (exact) mass is 226 g/mol. The van der Waals surface area contributed by atoms with E-state index in [4.69, 9.17) is 14.9 Å². The molecule has 1 aromatic heterocycles. The predicted octanol–water partition coefficient (Wildman–Crippen LogP) is 0.634. The van der Waals surface area contributed by atoms with Crippen LogP contribution in [-0.4, -0.2) is 44.2 Å². The number of ether oxygens (including phenoxy) is 1. The fourth-order valence-corrected chi connectivity index (χ4v) is 1.48. The normalized spacial score (nSPS) is 12.5. The largest absolute Gasteiger partial charge is 0.469 e. The molecule has 0 aromatic carbocycles. The predicted molar refractivity (Wildman–Crippen MR) is 60.3 cm³/mol. The molecule has 0 radical (unpaired) electrons. The van der Waals surface area contributed by atoms with Crippen molar-refractivity contribution in [3.63, 3.8) is 0 Å². The van der Waals surface area contributed by atoms with Crippen LogP contribution < -0.4 is 5.73 Å². The van der Waals surface area contributed by atoms with E-state index in [0.717, 1.165) is 5.76 Å². The number of carbonyl (C=O) groups excluding carboxylic acids is 1. The van der Waals surface area contributed by atoms with Crippen LogP contribution in [0.5, 0.6) is 0 Å². The third-order valence-corrected chi connectivity index (χ3v) is 2.21. The zero-order valence-corrected chi connectivity index (χ0v) is 9.90. The summed E-state index contributed by atoms with van der Waals surface area (Å²) in [4.78, 5) is 13.4. The topological polar surface area (TPSA) is 68.7 Å². The standard InChI is InChI=1S/C11H18N2O3/c1-8-4-9(6-16-8)11(14)13(2)5-10(12)7-15-3/h4,6,10H,5,7,12H2,1-3H3. The molecule has 0 aliphatic rings. The zero-order chi connectivity index (χ0) is 12.1. The number of aryl methyl sites for hydroxylation is 1. The van der Waals surface area contributed by atoms with Gasteiger partial charge in [-0.1, -0.05) is 0 Å². The van der Waals surface area contributed by atoms with E-state index < -0.39 is 0 Å². The Morgan fingerprint density at radius 1 is 1.69 bits per heavy atom. The van der Waals surface area contributed by atoms with Crippen LogP contribution in [-0.2, 0) is 4.74 Å². The molecule has 5 nitrogen and oxygen atoms in total. The van der Waals surface area contributed by atoms with Gasteiger partial charge < -0.3 is 19.8 Å². The average Bonchev–Trinajstić information content (AvgIpc) is 2.64. The summed E-state index contributed by atoms with van der Waals surface area (Å²) in [5.41, 5.74) is 6.31. The lowest BCUT2D eigenvalue weighted by Gasteiger charge is -2.20. The van der Waals surface area contributed by atoms with Crippen molar-refractivity contribution in [2.75, 3.05) is 27.3 Å². The van der Waals surface area contributed by atoms with Gasteiger partial charge in [-0.25, -0.2) is 0 Å². The van der Waals surface area contributed by atoms with E-state index in [2.05, 4.69) is 0 Å². The Morgan fingerprint density at radius 2 is 2.38 bits per heavy atom. The van der Waals surface area contributed by atoms with Gasteiger partial charge in [0, 0.05) is 26.7 Å². The van der Waals surface area contributed by atoms with Crippen molar-refractivity contribution in [3.05, 3.63) is 23.7 Å². The van der Waals surface area contributed by atoms with Gasteiger partial charge in [0.15, 0.2) is 0 Å². The molecule has 0 saturated heterocycles. The van der Waals surface area contributed by atoms with Crippen LogP contribution in [0.15, 0.2) is 16.7 Å². The summed E-state index contributed by atoms with van der Waals surface area (Å²) in [7, 11) is 3.29. The highest BCUT2D eigenvalue weighted by molar-refractivity contribution is 5.93. The first-order valence-electron chi connectivity index (χ1n) is 5.09. The van der Waals surface area contributed by atoms with Crippen LogP contribution in [0.1, 0.15) is 16.1 Å². The molecule has 1 aromatic rings. The highest BCUT2D eigenvalue weighted by Gasteiger charge is 2.16. The zero-order valence-electron chi connectivity index (χ0n) is 9.90. The summed E-state index contributed by atoms with van der Waals surface area (Å²) in [6.07, 6.45) is 1.45. The van der Waals surface area contributed by atoms with Crippen LogP contribution in [0.3, 0.4) is 0 Å². The lowest BCUT2D eigenvalue weighted by Crippen LogP contribution is -2.41. The van der Waals surface area contributed by atoms with Gasteiger partial charge in [0.05, 0.1) is 12.2 Å². The summed E-state index contributed by atoms with van der Waals surface area (Å²) in [5.74, 6) is 0.626. The van der Waals surface area contributed by atoms with Gasteiger partial charge in [-0.15, -0.1) is 0 Å². The average molecular weight is 226 g/mol. The van der Waals surface area contributed by atoms with E-state index in [1.165, 1.54) is 6.26 Å². The number of hydrogen-bond acceptors (Lipinski definition) is 4. The van der Waals surface area contributed by atoms with E-state index in [9.17, 15) is 4.79 Å². The third-order valence-electron chi connectivity index (χ3n) is 2.21. The van der Waals surface area contributed by atoms with Crippen molar-refractivity contribution in [1.29, 1.82) is 0 Å². The van der Waals surface area contributed by atoms with Gasteiger partial charge in [-0.05, 0) is 13.0 Å². The second-order valence-corrected chi connectivity index (χ2v) is 3.85. The van der Waals surface area contributed by atoms with Crippen molar-refractivity contribution in [1.82, 2.24) is 4.90 Å². The number of amides is 1. The molecule has 16 heavy (non-hydrogen) atoms. The molecule has 0 fully saturated rings. The summed E-state index contributed by atoms with van der Waals surface area (Å²) < 4.78 is 10.00. The summed E-state index contributed by atoms with van der Waals surface area (Å²) >= 11 is 0. The fraction of sp³-hybridized carbons (Fsp3) is 0.545. The van der Waals surface area contributed by atoms with Crippen LogP contribution in [0, 0.1) is 6.92 Å². The van der Waals surface area contributed by atoms with Gasteiger partial charge >= 0.3 is 0 Å². The van der Waals surface area contributed by atoms with Crippen molar-refractivity contribution >= 4 is 5.91 Å². The second-order valence-electron chi connectivity index (χ2n) is 3.85. The Bertz CT molecular complexity index is 349. The summed E-state index contributed by atoms with van der Waals surface area (Å²) in [6, 6.07) is 1.53. The first kappa shape index (κ1) is 12.7. The molecule has 1 unspecified atom stereocenters. The number of rotatable bonds is 5. The molecule has 0 aliphatic heterocycles. The number of carbonyl (C=O) groups is 1. The van der Waals surface area contributed by atoms with Crippen molar-refractivity contribution in [3.8, 4) is 0 Å². The van der Waals surface area contributed by atoms with Gasteiger partial charge in [-0.2, -0.15) is 0 Å². The van der Waals surface area contributed by atoms with E-state index in [0.29, 0.717) is 18.7 Å². The maximum absolute atomic E-state index is 11.9. The minimum absolute atomic E-state index is 0.0941. The van der Waals surface area contributed by atoms with E-state index in [1.807, 2.05) is 0 Å². The van der Waals surface area contributed by atoms with Crippen molar-refractivity contribution in [2.24, 2.45) is 5.73 Å². The summed E-state index contributed by atoms with van der Waals surface area (Å²) in [5, 5.41) is 0. The van der Waals surface area contributed by atoms with Crippen molar-refractivity contribution in [2.45, 2.75) is 13.0 Å². The Kier molecular flexibility index (Phi) is 4.52. The number of likely N-dealkylation sites (N-methyl/N-ethyl adjacent to an activating group) is 1. The van der Waals surface area contributed by atoms with Gasteiger partial charge in [0.1, 0.15) is 12.0 Å². The molecule has 1 heterocycles. The van der Waals surface area contributed by atoms with Crippen molar-refractivity contribution < 1.29 is 13.9 Å². The highest BCUT2D eigenvalue weighted by Crippen LogP contribution is 2.08. The van der Waals surface area contributed by atoms with Gasteiger partial charge in [-0.3, -0.25) is 4.79 Å². The number of hydrogen-bond donors (Lipinski definition) is 1. The maximum atomic E-state index is 11.9. The van der Waals surface area contributed by atoms with Crippen LogP contribution in [0.2, 0.25) is 0 Å². The minimum atomic E-state index is -0.174. The molecule has 5 heteroatoms. The molecule has 1 rings (SSSR count). The molecular weight excluding hydrogens is 208 g/mol. The molecule has 1 atom stereocenters. The molecular formula is C11H18N2O3. The molecule has 1 amide bonds. The fourth-order valence-electron chi connectivity index (χ4n) is 1.48. The second kappa shape index (κ2) is 5.67. The Balaban J connectivity index is 2.54. The molecule has 0 bridgehead atoms. The molecule has 0 aliphatic carbocycles. The minimum Gasteiger partial charge on any atom is -0.469 e. The maximum Gasteiger partial charge on any atom is 0.256 e. The molecule has 0 spiro atoms. The van der Waals surface area contributed by atoms with E-state index in [-0.39, 0.29) is 11.9 Å². The Labute approximate surface area is 95.2 Å². The highest BCUT2D eigenvalue weighted by atomic mass is 16.5. The summed E-state index contributed by atoms with van der Waals surface area (Å²) in [6.45, 7) is 2.69. The first-order valence-corrected chi connectivity index (χ1v) is 5.09. The lowest BCUT2D eigenvalue weighted by atomic mass is 10.2. The smallest absolute Gasteiger partial charge is 0.256 e. The quantitative estimate of drug-likeness (QED) is 0.799. The Morgan fingerprint density at radius 3 is 2.88 bits per heavy atom. The lowest BCUT2D eigenvalue weighted by molar-refractivity contribution is 0.0764.